The minimum absolute atomic E-state index is 0.304. The summed E-state index contributed by atoms with van der Waals surface area (Å²) in [6.07, 6.45) is 0.605. The van der Waals surface area contributed by atoms with Crippen LogP contribution in [-0.4, -0.2) is 36.4 Å². The van der Waals surface area contributed by atoms with Crippen molar-refractivity contribution in [2.45, 2.75) is 32.6 Å². The van der Waals surface area contributed by atoms with E-state index < -0.39 is 17.9 Å². The van der Waals surface area contributed by atoms with Crippen molar-refractivity contribution in [1.29, 1.82) is 0 Å². The Hall–Kier alpha value is -0.910. The van der Waals surface area contributed by atoms with Crippen molar-refractivity contribution in [3.63, 3.8) is 0 Å². The van der Waals surface area contributed by atoms with Gasteiger partial charge >= 0.3 is 6.09 Å². The molecule has 0 aromatic heterocycles. The molecule has 0 aliphatic heterocycles. The monoisotopic (exact) mass is 235 g/mol. The van der Waals surface area contributed by atoms with Gasteiger partial charge in [-0.2, -0.15) is 11.8 Å². The molecule has 0 aromatic rings. The molecule has 0 fully saturated rings. The van der Waals surface area contributed by atoms with E-state index in [0.717, 1.165) is 0 Å². The van der Waals surface area contributed by atoms with Gasteiger partial charge in [0.25, 0.3) is 6.47 Å². The van der Waals surface area contributed by atoms with Gasteiger partial charge in [-0.15, -0.1) is 0 Å². The van der Waals surface area contributed by atoms with Gasteiger partial charge in [0, 0.05) is 5.75 Å². The highest BCUT2D eigenvalue weighted by Gasteiger charge is 2.19. The number of amides is 1. The first-order valence-electron chi connectivity index (χ1n) is 4.46. The number of carbonyl (C=O) groups excluding carboxylic acids is 2. The van der Waals surface area contributed by atoms with Crippen molar-refractivity contribution < 1.29 is 19.1 Å². The summed E-state index contributed by atoms with van der Waals surface area (Å²) in [6.45, 7) is 5.59. The Balaban J connectivity index is 4.04. The van der Waals surface area contributed by atoms with E-state index in [1.165, 1.54) is 11.8 Å². The summed E-state index contributed by atoms with van der Waals surface area (Å²) in [7, 11) is 0. The topological polar surface area (TPSA) is 64.6 Å². The van der Waals surface area contributed by atoms with Gasteiger partial charge < -0.3 is 9.47 Å². The molecule has 1 amide bonds. The number of carbonyl (C=O) groups is 2. The molecule has 0 radical (unpaired) electrons. The molecule has 1 N–H and O–H groups in total. The lowest BCUT2D eigenvalue weighted by molar-refractivity contribution is -0.133. The summed E-state index contributed by atoms with van der Waals surface area (Å²) in [6, 6.07) is 0. The van der Waals surface area contributed by atoms with Gasteiger partial charge in [-0.05, 0) is 27.0 Å². The largest absolute Gasteiger partial charge is 0.444 e. The van der Waals surface area contributed by atoms with Crippen LogP contribution in [0.1, 0.15) is 20.8 Å². The Morgan fingerprint density at radius 2 is 2.13 bits per heavy atom. The van der Waals surface area contributed by atoms with Gasteiger partial charge in [-0.25, -0.2) is 4.79 Å². The van der Waals surface area contributed by atoms with Crippen molar-refractivity contribution in [1.82, 2.24) is 5.32 Å². The molecule has 0 heterocycles. The predicted octanol–water partition coefficient (Wildman–Crippen LogP) is 1.37. The van der Waals surface area contributed by atoms with Crippen molar-refractivity contribution in [2.24, 2.45) is 0 Å². The minimum Gasteiger partial charge on any atom is -0.444 e. The average Bonchev–Trinajstić information content (AvgIpc) is 2.00. The molecule has 0 aliphatic carbocycles. The molecule has 88 valence electrons. The fraction of sp³-hybridized carbons (Fsp3) is 0.778. The molecule has 5 nitrogen and oxygen atoms in total. The summed E-state index contributed by atoms with van der Waals surface area (Å²) in [4.78, 5) is 21.4. The summed E-state index contributed by atoms with van der Waals surface area (Å²) in [5.41, 5.74) is -0.560. The average molecular weight is 235 g/mol. The van der Waals surface area contributed by atoms with Crippen molar-refractivity contribution >= 4 is 24.3 Å². The number of alkyl carbamates (subject to hydrolysis) is 1. The quantitative estimate of drug-likeness (QED) is 0.576. The van der Waals surface area contributed by atoms with E-state index in [0.29, 0.717) is 12.2 Å². The zero-order valence-corrected chi connectivity index (χ0v) is 10.2. The number of nitrogens with one attached hydrogen (secondary N) is 1. The van der Waals surface area contributed by atoms with E-state index in [1.54, 1.807) is 20.8 Å². The fourth-order valence-corrected chi connectivity index (χ4v) is 1.24. The Labute approximate surface area is 93.9 Å². The van der Waals surface area contributed by atoms with Crippen LogP contribution in [0.3, 0.4) is 0 Å². The van der Waals surface area contributed by atoms with E-state index in [9.17, 15) is 9.59 Å². The highest BCUT2D eigenvalue weighted by Crippen LogP contribution is 2.07. The first-order chi connectivity index (χ1) is 6.89. The van der Waals surface area contributed by atoms with Crippen LogP contribution in [0.2, 0.25) is 0 Å². The van der Waals surface area contributed by atoms with Gasteiger partial charge in [-0.1, -0.05) is 0 Å². The zero-order valence-electron chi connectivity index (χ0n) is 9.40. The van der Waals surface area contributed by atoms with Gasteiger partial charge in [0.2, 0.25) is 0 Å². The lowest BCUT2D eigenvalue weighted by Gasteiger charge is -2.22. The Morgan fingerprint density at radius 1 is 1.53 bits per heavy atom. The van der Waals surface area contributed by atoms with Gasteiger partial charge in [-0.3, -0.25) is 10.1 Å². The maximum absolute atomic E-state index is 11.3. The number of hydrogen-bond donors (Lipinski definition) is 1. The molecule has 0 bridgehead atoms. The van der Waals surface area contributed by atoms with Crippen LogP contribution in [-0.2, 0) is 14.3 Å². The summed E-state index contributed by atoms with van der Waals surface area (Å²) >= 11 is 1.46. The molecule has 0 aromatic carbocycles. The van der Waals surface area contributed by atoms with Crippen LogP contribution >= 0.6 is 11.8 Å². The second-order valence-corrected chi connectivity index (χ2v) is 4.73. The highest BCUT2D eigenvalue weighted by molar-refractivity contribution is 7.98. The normalized spacial score (nSPS) is 12.8. The van der Waals surface area contributed by atoms with Crippen LogP contribution in [0.25, 0.3) is 0 Å². The fourth-order valence-electron chi connectivity index (χ4n) is 0.772. The maximum atomic E-state index is 11.3. The minimum atomic E-state index is -0.646. The second-order valence-electron chi connectivity index (χ2n) is 3.82. The predicted molar refractivity (Wildman–Crippen MR) is 58.7 cm³/mol. The molecule has 15 heavy (non-hydrogen) atoms. The lowest BCUT2D eigenvalue weighted by Crippen LogP contribution is -2.41. The third kappa shape index (κ3) is 8.11. The summed E-state index contributed by atoms with van der Waals surface area (Å²) < 4.78 is 9.66. The van der Waals surface area contributed by atoms with Crippen molar-refractivity contribution in [3.8, 4) is 0 Å². The second kappa shape index (κ2) is 6.55. The lowest BCUT2D eigenvalue weighted by atomic mass is 10.2. The van der Waals surface area contributed by atoms with Crippen molar-refractivity contribution in [2.75, 3.05) is 12.0 Å². The smallest absolute Gasteiger partial charge is 0.410 e. The molecule has 0 spiro atoms. The van der Waals surface area contributed by atoms with E-state index in [-0.39, 0.29) is 0 Å². The number of thioether (sulfide) groups is 1. The Bertz CT molecular complexity index is 215. The van der Waals surface area contributed by atoms with Gasteiger partial charge in [0.1, 0.15) is 5.60 Å². The number of ether oxygens (including phenoxy) is 2. The molecular weight excluding hydrogens is 218 g/mol. The zero-order chi connectivity index (χ0) is 11.9. The van der Waals surface area contributed by atoms with E-state index in [1.807, 2.05) is 6.26 Å². The first kappa shape index (κ1) is 14.1. The molecule has 6 heteroatoms. The molecule has 0 rings (SSSR count). The third-order valence-electron chi connectivity index (χ3n) is 1.22. The molecule has 0 aliphatic rings. The number of rotatable bonds is 5. The third-order valence-corrected chi connectivity index (χ3v) is 1.85. The molecular formula is C9H17NO4S. The standard InChI is InChI=1S/C9H17NO4S/c1-9(2,3)14-8(12)10-7(5-15-4)13-6-11/h6-7H,5H2,1-4H3,(H,10,12)/t7-/m1/s1. The highest BCUT2D eigenvalue weighted by atomic mass is 32.2. The first-order valence-corrected chi connectivity index (χ1v) is 5.86. The van der Waals surface area contributed by atoms with Crippen molar-refractivity contribution in [3.05, 3.63) is 0 Å². The van der Waals surface area contributed by atoms with Crippen LogP contribution in [0.5, 0.6) is 0 Å². The summed E-state index contributed by atoms with van der Waals surface area (Å²) in [5, 5.41) is 2.44. The van der Waals surface area contributed by atoms with E-state index in [4.69, 9.17) is 4.74 Å². The SMILES string of the molecule is CSC[C@H](NC(=O)OC(C)(C)C)OC=O. The maximum Gasteiger partial charge on any atom is 0.410 e. The summed E-state index contributed by atoms with van der Waals surface area (Å²) in [5.74, 6) is 0.484. The van der Waals surface area contributed by atoms with Crippen LogP contribution in [0.15, 0.2) is 0 Å². The Morgan fingerprint density at radius 3 is 2.53 bits per heavy atom. The molecule has 1 atom stereocenters. The molecule has 0 saturated carbocycles. The van der Waals surface area contributed by atoms with Gasteiger partial charge in [0.05, 0.1) is 0 Å². The van der Waals surface area contributed by atoms with Crippen LogP contribution in [0, 0.1) is 0 Å². The molecule has 0 saturated heterocycles. The Kier molecular flexibility index (Phi) is 6.15. The van der Waals surface area contributed by atoms with E-state index >= 15 is 0 Å². The van der Waals surface area contributed by atoms with E-state index in [2.05, 4.69) is 10.1 Å². The van der Waals surface area contributed by atoms with Crippen LogP contribution < -0.4 is 5.32 Å². The van der Waals surface area contributed by atoms with Gasteiger partial charge in [0.15, 0.2) is 6.23 Å². The number of hydrogen-bond acceptors (Lipinski definition) is 5. The molecule has 0 unspecified atom stereocenters. The van der Waals surface area contributed by atoms with Crippen LogP contribution in [0.4, 0.5) is 4.79 Å².